The molecule has 2 aliphatic heterocycles. The summed E-state index contributed by atoms with van der Waals surface area (Å²) in [5, 5.41) is 0.669. The molecule has 2 aromatic carbocycles. The van der Waals surface area contributed by atoms with Gasteiger partial charge in [-0.25, -0.2) is 8.42 Å². The molecule has 0 spiro atoms. The summed E-state index contributed by atoms with van der Waals surface area (Å²) < 4.78 is 24.2. The van der Waals surface area contributed by atoms with Crippen molar-refractivity contribution in [1.82, 2.24) is 4.90 Å². The fourth-order valence-electron chi connectivity index (χ4n) is 4.04. The number of hydrogen-bond donors (Lipinski definition) is 0. The number of hydrogen-bond acceptors (Lipinski definition) is 4. The van der Waals surface area contributed by atoms with Gasteiger partial charge in [-0.2, -0.15) is 4.99 Å². The smallest absolute Gasteiger partial charge is 0.248 e. The molecule has 2 aromatic rings. The van der Waals surface area contributed by atoms with Crippen molar-refractivity contribution in [3.63, 3.8) is 0 Å². The summed E-state index contributed by atoms with van der Waals surface area (Å²) in [4.78, 5) is 19.0. The van der Waals surface area contributed by atoms with E-state index in [1.54, 1.807) is 0 Å². The van der Waals surface area contributed by atoms with Crippen LogP contribution in [0.5, 0.6) is 0 Å². The Morgan fingerprint density at radius 3 is 2.27 bits per heavy atom. The number of amides is 1. The van der Waals surface area contributed by atoms with Crippen LogP contribution in [0.25, 0.3) is 0 Å². The first kappa shape index (κ1) is 21.1. The number of aryl methyl sites for hydroxylation is 1. The number of rotatable bonds is 7. The lowest BCUT2D eigenvalue weighted by atomic mass is 10.1. The number of aliphatic imine (C=N–C) groups is 1. The Bertz CT molecular complexity index is 1010. The largest absolute Gasteiger partial charge is 0.346 e. The van der Waals surface area contributed by atoms with E-state index in [1.807, 2.05) is 36.4 Å². The third-order valence-electron chi connectivity index (χ3n) is 5.58. The zero-order chi connectivity index (χ0) is 21.0. The molecule has 4 rings (SSSR count). The Balaban J connectivity index is 1.41. The molecule has 5 nitrogen and oxygen atoms in total. The third-order valence-corrected chi connectivity index (χ3v) is 8.83. The zero-order valence-corrected chi connectivity index (χ0v) is 18.4. The maximum atomic E-state index is 12.5. The molecule has 0 unspecified atom stereocenters. The van der Waals surface area contributed by atoms with Crippen molar-refractivity contribution in [3.05, 3.63) is 71.8 Å². The number of amidine groups is 1. The van der Waals surface area contributed by atoms with Gasteiger partial charge in [0.1, 0.15) is 0 Å². The van der Waals surface area contributed by atoms with Gasteiger partial charge in [0, 0.05) is 18.2 Å². The molecular formula is C23H26N2O3S2. The van der Waals surface area contributed by atoms with E-state index in [-0.39, 0.29) is 28.7 Å². The summed E-state index contributed by atoms with van der Waals surface area (Å²) in [6.07, 6.45) is 2.81. The van der Waals surface area contributed by atoms with E-state index in [0.29, 0.717) is 18.1 Å². The average Bonchev–Trinajstić information content (AvgIpc) is 3.19. The predicted octanol–water partition coefficient (Wildman–Crippen LogP) is 3.35. The van der Waals surface area contributed by atoms with Crippen LogP contribution in [0.1, 0.15) is 24.0 Å². The van der Waals surface area contributed by atoms with Gasteiger partial charge in [0.2, 0.25) is 5.91 Å². The van der Waals surface area contributed by atoms with Crippen molar-refractivity contribution in [2.75, 3.05) is 18.1 Å². The number of sulfone groups is 1. The lowest BCUT2D eigenvalue weighted by Gasteiger charge is -2.24. The van der Waals surface area contributed by atoms with Crippen molar-refractivity contribution in [2.24, 2.45) is 4.99 Å². The topological polar surface area (TPSA) is 66.8 Å². The molecule has 0 saturated carbocycles. The van der Waals surface area contributed by atoms with Gasteiger partial charge < -0.3 is 4.90 Å². The van der Waals surface area contributed by atoms with E-state index in [9.17, 15) is 13.2 Å². The van der Waals surface area contributed by atoms with Gasteiger partial charge in [-0.15, -0.1) is 0 Å². The number of carbonyl (C=O) groups is 1. The lowest BCUT2D eigenvalue weighted by Crippen LogP contribution is -2.39. The first-order chi connectivity index (χ1) is 14.5. The van der Waals surface area contributed by atoms with Crippen LogP contribution in [0.15, 0.2) is 65.7 Å². The molecule has 0 aromatic heterocycles. The Morgan fingerprint density at radius 2 is 1.60 bits per heavy atom. The van der Waals surface area contributed by atoms with E-state index in [1.165, 1.54) is 22.9 Å². The summed E-state index contributed by atoms with van der Waals surface area (Å²) in [7, 11) is -3.02. The number of fused-ring (bicyclic) bond motifs is 1. The molecule has 7 heteroatoms. The zero-order valence-electron chi connectivity index (χ0n) is 16.8. The van der Waals surface area contributed by atoms with Gasteiger partial charge in [-0.1, -0.05) is 72.4 Å². The normalized spacial score (nSPS) is 23.6. The fraction of sp³-hybridized carbons (Fsp3) is 0.391. The second-order valence-electron chi connectivity index (χ2n) is 7.86. The molecule has 1 amide bonds. The number of carbonyl (C=O) groups excluding carboxylic acids is 1. The van der Waals surface area contributed by atoms with Crippen molar-refractivity contribution in [1.29, 1.82) is 0 Å². The lowest BCUT2D eigenvalue weighted by molar-refractivity contribution is -0.117. The molecule has 2 saturated heterocycles. The first-order valence-corrected chi connectivity index (χ1v) is 13.0. The second-order valence-corrected chi connectivity index (χ2v) is 11.2. The standard InChI is InChI=1S/C23H26N2O3S2/c26-22(13-7-12-18-8-3-1-4-9-18)24-23-25(15-14-19-10-5-2-6-11-19)20-16-30(27,28)17-21(20)29-23/h1-6,8-11,20-21H,7,12-17H2/t20-,21+/m0/s1. The van der Waals surface area contributed by atoms with Crippen LogP contribution < -0.4 is 0 Å². The van der Waals surface area contributed by atoms with E-state index >= 15 is 0 Å². The summed E-state index contributed by atoms with van der Waals surface area (Å²) in [5.41, 5.74) is 2.41. The predicted molar refractivity (Wildman–Crippen MR) is 122 cm³/mol. The van der Waals surface area contributed by atoms with Gasteiger partial charge in [0.15, 0.2) is 15.0 Å². The van der Waals surface area contributed by atoms with Gasteiger partial charge in [0.05, 0.1) is 17.5 Å². The highest BCUT2D eigenvalue weighted by molar-refractivity contribution is 8.15. The van der Waals surface area contributed by atoms with E-state index in [2.05, 4.69) is 34.2 Å². The van der Waals surface area contributed by atoms with Crippen molar-refractivity contribution < 1.29 is 13.2 Å². The van der Waals surface area contributed by atoms with Gasteiger partial charge in [-0.05, 0) is 30.4 Å². The maximum absolute atomic E-state index is 12.5. The Morgan fingerprint density at radius 1 is 0.967 bits per heavy atom. The molecule has 2 atom stereocenters. The Kier molecular flexibility index (Phi) is 6.58. The summed E-state index contributed by atoms with van der Waals surface area (Å²) >= 11 is 1.46. The van der Waals surface area contributed by atoms with Crippen LogP contribution in [-0.2, 0) is 27.5 Å². The minimum absolute atomic E-state index is 0.0263. The van der Waals surface area contributed by atoms with Crippen molar-refractivity contribution >= 4 is 32.7 Å². The molecule has 2 fully saturated rings. The van der Waals surface area contributed by atoms with Crippen LogP contribution in [0.2, 0.25) is 0 Å². The van der Waals surface area contributed by atoms with Crippen LogP contribution >= 0.6 is 11.8 Å². The molecular weight excluding hydrogens is 416 g/mol. The first-order valence-electron chi connectivity index (χ1n) is 10.3. The summed E-state index contributed by atoms with van der Waals surface area (Å²) in [6, 6.07) is 20.2. The molecule has 0 bridgehead atoms. The van der Waals surface area contributed by atoms with Crippen LogP contribution in [-0.4, -0.2) is 53.7 Å². The summed E-state index contributed by atoms with van der Waals surface area (Å²) in [5.74, 6) is 0.201. The van der Waals surface area contributed by atoms with Gasteiger partial charge in [0.25, 0.3) is 0 Å². The number of thioether (sulfide) groups is 1. The minimum Gasteiger partial charge on any atom is -0.346 e. The van der Waals surface area contributed by atoms with Crippen molar-refractivity contribution in [2.45, 2.75) is 37.0 Å². The van der Waals surface area contributed by atoms with E-state index in [0.717, 1.165) is 19.3 Å². The Labute approximate surface area is 182 Å². The van der Waals surface area contributed by atoms with Crippen LogP contribution in [0.4, 0.5) is 0 Å². The monoisotopic (exact) mass is 442 g/mol. The number of nitrogens with zero attached hydrogens (tertiary/aromatic N) is 2. The molecule has 2 aliphatic rings. The molecule has 30 heavy (non-hydrogen) atoms. The van der Waals surface area contributed by atoms with Gasteiger partial charge in [-0.3, -0.25) is 4.79 Å². The third kappa shape index (κ3) is 5.32. The molecule has 0 radical (unpaired) electrons. The molecule has 0 N–H and O–H groups in total. The van der Waals surface area contributed by atoms with E-state index < -0.39 is 9.84 Å². The maximum Gasteiger partial charge on any atom is 0.248 e. The fourth-order valence-corrected chi connectivity index (χ4v) is 8.04. The molecule has 2 heterocycles. The van der Waals surface area contributed by atoms with Crippen LogP contribution in [0, 0.1) is 0 Å². The van der Waals surface area contributed by atoms with Gasteiger partial charge >= 0.3 is 0 Å². The Hall–Kier alpha value is -2.12. The van der Waals surface area contributed by atoms with Crippen molar-refractivity contribution in [3.8, 4) is 0 Å². The molecule has 158 valence electrons. The highest BCUT2D eigenvalue weighted by Gasteiger charge is 2.48. The average molecular weight is 443 g/mol. The quantitative estimate of drug-likeness (QED) is 0.658. The molecule has 0 aliphatic carbocycles. The highest BCUT2D eigenvalue weighted by Crippen LogP contribution is 2.38. The number of benzene rings is 2. The SMILES string of the molecule is O=C(CCCc1ccccc1)N=C1S[C@@H]2CS(=O)(=O)C[C@@H]2N1CCc1ccccc1. The minimum atomic E-state index is -3.02. The summed E-state index contributed by atoms with van der Waals surface area (Å²) in [6.45, 7) is 0.670. The van der Waals surface area contributed by atoms with E-state index in [4.69, 9.17) is 0 Å². The second kappa shape index (κ2) is 9.35. The highest BCUT2D eigenvalue weighted by atomic mass is 32.2. The van der Waals surface area contributed by atoms with Crippen LogP contribution in [0.3, 0.4) is 0 Å².